The maximum absolute atomic E-state index is 11.5. The topological polar surface area (TPSA) is 64.3 Å². The van der Waals surface area contributed by atoms with Crippen molar-refractivity contribution >= 4 is 5.91 Å². The lowest BCUT2D eigenvalue weighted by Crippen LogP contribution is -2.27. The van der Waals surface area contributed by atoms with E-state index in [1.807, 2.05) is 6.92 Å². The maximum Gasteiger partial charge on any atom is 0.220 e. The molecule has 0 aromatic carbocycles. The summed E-state index contributed by atoms with van der Waals surface area (Å²) in [5.74, 6) is 0.131. The summed E-state index contributed by atoms with van der Waals surface area (Å²) in [7, 11) is 0. The number of nitrogens with one attached hydrogen (secondary N) is 1. The highest BCUT2D eigenvalue weighted by Gasteiger charge is 2.17. The first-order chi connectivity index (χ1) is 8.02. The van der Waals surface area contributed by atoms with Gasteiger partial charge in [0.15, 0.2) is 0 Å². The summed E-state index contributed by atoms with van der Waals surface area (Å²) in [5.41, 5.74) is 5.70. The van der Waals surface area contributed by atoms with Crippen LogP contribution in [0.5, 0.6) is 0 Å². The second kappa shape index (κ2) is 9.42. The number of hydrogen-bond donors (Lipinski definition) is 2. The van der Waals surface area contributed by atoms with Gasteiger partial charge in [0.25, 0.3) is 0 Å². The molecular formula is C13H28N2O2. The average molecular weight is 244 g/mol. The monoisotopic (exact) mass is 244 g/mol. The van der Waals surface area contributed by atoms with Crippen molar-refractivity contribution in [3.63, 3.8) is 0 Å². The van der Waals surface area contributed by atoms with E-state index in [1.165, 1.54) is 0 Å². The minimum atomic E-state index is 0.131. The van der Waals surface area contributed by atoms with Gasteiger partial charge in [-0.05, 0) is 38.1 Å². The van der Waals surface area contributed by atoms with Crippen LogP contribution in [0.3, 0.4) is 0 Å². The standard InChI is InChI=1S/C13H28N2O2/c1-4-17-11-5-10-15-12(16)6-7-13(2,3)8-9-14/h4-11,14H2,1-3H3,(H,15,16). The molecule has 0 aromatic heterocycles. The van der Waals surface area contributed by atoms with Crippen molar-refractivity contribution in [2.75, 3.05) is 26.3 Å². The molecule has 0 aliphatic rings. The molecule has 3 N–H and O–H groups in total. The Morgan fingerprint density at radius 3 is 2.65 bits per heavy atom. The molecule has 0 bridgehead atoms. The van der Waals surface area contributed by atoms with Gasteiger partial charge in [-0.1, -0.05) is 13.8 Å². The minimum absolute atomic E-state index is 0.131. The molecule has 0 aliphatic heterocycles. The fourth-order valence-electron chi connectivity index (χ4n) is 1.60. The molecule has 0 saturated heterocycles. The van der Waals surface area contributed by atoms with Crippen molar-refractivity contribution in [2.24, 2.45) is 11.1 Å². The summed E-state index contributed by atoms with van der Waals surface area (Å²) in [5, 5.41) is 2.91. The summed E-state index contributed by atoms with van der Waals surface area (Å²) in [4.78, 5) is 11.5. The molecule has 0 spiro atoms. The van der Waals surface area contributed by atoms with E-state index in [2.05, 4.69) is 19.2 Å². The van der Waals surface area contributed by atoms with Crippen LogP contribution in [0, 0.1) is 5.41 Å². The van der Waals surface area contributed by atoms with Crippen LogP contribution in [0.25, 0.3) is 0 Å². The molecule has 0 unspecified atom stereocenters. The first kappa shape index (κ1) is 16.4. The molecule has 0 aliphatic carbocycles. The number of ether oxygens (including phenoxy) is 1. The van der Waals surface area contributed by atoms with Crippen molar-refractivity contribution in [2.45, 2.75) is 46.5 Å². The van der Waals surface area contributed by atoms with Crippen molar-refractivity contribution in [3.8, 4) is 0 Å². The lowest BCUT2D eigenvalue weighted by atomic mass is 9.84. The van der Waals surface area contributed by atoms with Crippen molar-refractivity contribution in [1.29, 1.82) is 0 Å². The zero-order chi connectivity index (χ0) is 13.1. The van der Waals surface area contributed by atoms with Crippen LogP contribution >= 0.6 is 0 Å². The second-order valence-corrected chi connectivity index (χ2v) is 5.10. The Balaban J connectivity index is 3.52. The first-order valence-electron chi connectivity index (χ1n) is 6.56. The summed E-state index contributed by atoms with van der Waals surface area (Å²) < 4.78 is 5.20. The van der Waals surface area contributed by atoms with E-state index < -0.39 is 0 Å². The zero-order valence-corrected chi connectivity index (χ0v) is 11.6. The number of amides is 1. The zero-order valence-electron chi connectivity index (χ0n) is 11.6. The van der Waals surface area contributed by atoms with Gasteiger partial charge in [-0.2, -0.15) is 0 Å². The Bertz CT molecular complexity index is 206. The number of rotatable bonds is 10. The molecule has 102 valence electrons. The van der Waals surface area contributed by atoms with Gasteiger partial charge in [-0.25, -0.2) is 0 Å². The molecule has 0 fully saturated rings. The summed E-state index contributed by atoms with van der Waals surface area (Å²) >= 11 is 0. The Morgan fingerprint density at radius 2 is 2.06 bits per heavy atom. The minimum Gasteiger partial charge on any atom is -0.382 e. The highest BCUT2D eigenvalue weighted by Crippen LogP contribution is 2.25. The molecule has 17 heavy (non-hydrogen) atoms. The van der Waals surface area contributed by atoms with Gasteiger partial charge in [0.05, 0.1) is 0 Å². The Kier molecular flexibility index (Phi) is 9.09. The highest BCUT2D eigenvalue weighted by molar-refractivity contribution is 5.75. The quantitative estimate of drug-likeness (QED) is 0.575. The Morgan fingerprint density at radius 1 is 1.35 bits per heavy atom. The predicted molar refractivity (Wildman–Crippen MR) is 70.8 cm³/mol. The van der Waals surface area contributed by atoms with E-state index in [9.17, 15) is 4.79 Å². The fraction of sp³-hybridized carbons (Fsp3) is 0.923. The van der Waals surface area contributed by atoms with Crippen LogP contribution in [0.2, 0.25) is 0 Å². The van der Waals surface area contributed by atoms with Gasteiger partial charge in [0.1, 0.15) is 0 Å². The maximum atomic E-state index is 11.5. The van der Waals surface area contributed by atoms with Crippen LogP contribution in [0.1, 0.15) is 46.5 Å². The lowest BCUT2D eigenvalue weighted by Gasteiger charge is -2.23. The smallest absolute Gasteiger partial charge is 0.220 e. The predicted octanol–water partition coefficient (Wildman–Crippen LogP) is 1.68. The third-order valence-electron chi connectivity index (χ3n) is 2.84. The van der Waals surface area contributed by atoms with Crippen molar-refractivity contribution in [1.82, 2.24) is 5.32 Å². The summed E-state index contributed by atoms with van der Waals surface area (Å²) in [6.07, 6.45) is 3.32. The molecule has 4 heteroatoms. The molecule has 0 heterocycles. The van der Waals surface area contributed by atoms with Crippen LogP contribution in [-0.4, -0.2) is 32.2 Å². The van der Waals surface area contributed by atoms with Crippen LogP contribution in [-0.2, 0) is 9.53 Å². The second-order valence-electron chi connectivity index (χ2n) is 5.10. The highest BCUT2D eigenvalue weighted by atomic mass is 16.5. The molecular weight excluding hydrogens is 216 g/mol. The van der Waals surface area contributed by atoms with E-state index in [0.717, 1.165) is 32.5 Å². The molecule has 0 radical (unpaired) electrons. The third-order valence-corrected chi connectivity index (χ3v) is 2.84. The Labute approximate surface area is 105 Å². The van der Waals surface area contributed by atoms with Gasteiger partial charge in [0, 0.05) is 26.2 Å². The summed E-state index contributed by atoms with van der Waals surface area (Å²) in [6, 6.07) is 0. The molecule has 4 nitrogen and oxygen atoms in total. The molecule has 1 amide bonds. The number of nitrogens with two attached hydrogens (primary N) is 1. The number of carbonyl (C=O) groups is 1. The number of carbonyl (C=O) groups excluding carboxylic acids is 1. The molecule has 0 rings (SSSR count). The van der Waals surface area contributed by atoms with Gasteiger partial charge >= 0.3 is 0 Å². The number of hydrogen-bond acceptors (Lipinski definition) is 3. The fourth-order valence-corrected chi connectivity index (χ4v) is 1.60. The first-order valence-corrected chi connectivity index (χ1v) is 6.56. The lowest BCUT2D eigenvalue weighted by molar-refractivity contribution is -0.121. The van der Waals surface area contributed by atoms with E-state index in [-0.39, 0.29) is 11.3 Å². The SMILES string of the molecule is CCOCCCNC(=O)CCC(C)(C)CCN. The van der Waals surface area contributed by atoms with E-state index in [0.29, 0.717) is 19.5 Å². The van der Waals surface area contributed by atoms with Gasteiger partial charge in [0.2, 0.25) is 5.91 Å². The van der Waals surface area contributed by atoms with Crippen LogP contribution in [0.4, 0.5) is 0 Å². The van der Waals surface area contributed by atoms with Crippen molar-refractivity contribution in [3.05, 3.63) is 0 Å². The van der Waals surface area contributed by atoms with E-state index in [4.69, 9.17) is 10.5 Å². The van der Waals surface area contributed by atoms with Crippen molar-refractivity contribution < 1.29 is 9.53 Å². The average Bonchev–Trinajstić information content (AvgIpc) is 2.26. The van der Waals surface area contributed by atoms with Crippen LogP contribution in [0.15, 0.2) is 0 Å². The van der Waals surface area contributed by atoms with Crippen LogP contribution < -0.4 is 11.1 Å². The third kappa shape index (κ3) is 10.3. The van der Waals surface area contributed by atoms with Gasteiger partial charge in [-0.3, -0.25) is 4.79 Å². The van der Waals surface area contributed by atoms with E-state index >= 15 is 0 Å². The van der Waals surface area contributed by atoms with Gasteiger partial charge in [-0.15, -0.1) is 0 Å². The Hall–Kier alpha value is -0.610. The molecule has 0 saturated carbocycles. The largest absolute Gasteiger partial charge is 0.382 e. The molecule has 0 aromatic rings. The van der Waals surface area contributed by atoms with Gasteiger partial charge < -0.3 is 15.8 Å². The summed E-state index contributed by atoms with van der Waals surface area (Å²) in [6.45, 7) is 9.12. The normalized spacial score (nSPS) is 11.5. The molecule has 0 atom stereocenters. The van der Waals surface area contributed by atoms with E-state index in [1.54, 1.807) is 0 Å².